The highest BCUT2D eigenvalue weighted by atomic mass is 32.2. The number of hydrogen-bond acceptors (Lipinski definition) is 4. The Hall–Kier alpha value is -0.660. The summed E-state index contributed by atoms with van der Waals surface area (Å²) in [6.07, 6.45) is 2.86. The molecule has 1 heterocycles. The van der Waals surface area contributed by atoms with Crippen LogP contribution in [-0.4, -0.2) is 53.9 Å². The van der Waals surface area contributed by atoms with Crippen molar-refractivity contribution < 1.29 is 23.4 Å². The lowest BCUT2D eigenvalue weighted by Crippen LogP contribution is -2.46. The summed E-state index contributed by atoms with van der Waals surface area (Å²) in [4.78, 5) is 11.1. The number of carbonyl (C=O) groups is 1. The largest absolute Gasteiger partial charge is 0.481 e. The van der Waals surface area contributed by atoms with Crippen LogP contribution in [0.5, 0.6) is 0 Å². The molecule has 0 aromatic carbocycles. The van der Waals surface area contributed by atoms with Crippen molar-refractivity contribution >= 4 is 16.0 Å². The maximum absolute atomic E-state index is 12.5. The molecule has 2 fully saturated rings. The summed E-state index contributed by atoms with van der Waals surface area (Å²) >= 11 is 0. The van der Waals surface area contributed by atoms with Crippen molar-refractivity contribution in [3.05, 3.63) is 0 Å². The second-order valence-corrected chi connectivity index (χ2v) is 7.64. The number of sulfonamides is 1. The molecular formula is C12H21NO5S. The zero-order valence-corrected chi connectivity index (χ0v) is 11.7. The number of aliphatic hydroxyl groups excluding tert-OH is 1. The zero-order chi connectivity index (χ0) is 14.0. The van der Waals surface area contributed by atoms with Crippen LogP contribution in [0.25, 0.3) is 0 Å². The summed E-state index contributed by atoms with van der Waals surface area (Å²) in [7, 11) is -3.52. The SMILES string of the molecule is O=C(O)C1CCCC1S(=O)(=O)N1CCC(CO)CC1. The zero-order valence-electron chi connectivity index (χ0n) is 10.9. The lowest BCUT2D eigenvalue weighted by Gasteiger charge is -2.33. The van der Waals surface area contributed by atoms with Crippen LogP contribution < -0.4 is 0 Å². The smallest absolute Gasteiger partial charge is 0.307 e. The summed E-state index contributed by atoms with van der Waals surface area (Å²) in [5, 5.41) is 17.4. The summed E-state index contributed by atoms with van der Waals surface area (Å²) < 4.78 is 26.4. The Labute approximate surface area is 113 Å². The van der Waals surface area contributed by atoms with Crippen LogP contribution in [-0.2, 0) is 14.8 Å². The maximum Gasteiger partial charge on any atom is 0.307 e. The van der Waals surface area contributed by atoms with E-state index in [0.29, 0.717) is 45.2 Å². The molecule has 2 aliphatic rings. The van der Waals surface area contributed by atoms with Gasteiger partial charge in [0.25, 0.3) is 0 Å². The second-order valence-electron chi connectivity index (χ2n) is 5.48. The fourth-order valence-electron chi connectivity index (χ4n) is 3.10. The van der Waals surface area contributed by atoms with Gasteiger partial charge in [-0.05, 0) is 31.6 Å². The summed E-state index contributed by atoms with van der Waals surface area (Å²) in [5.41, 5.74) is 0. The van der Waals surface area contributed by atoms with E-state index < -0.39 is 27.2 Å². The average Bonchev–Trinajstić information content (AvgIpc) is 2.89. The first kappa shape index (κ1) is 14.7. The molecule has 1 saturated carbocycles. The molecule has 0 bridgehead atoms. The predicted octanol–water partition coefficient (Wildman–Crippen LogP) is 0.274. The standard InChI is InChI=1S/C12H21NO5S/c14-8-9-4-6-13(7-5-9)19(17,18)11-3-1-2-10(11)12(15)16/h9-11,14H,1-8H2,(H,15,16). The third-order valence-electron chi connectivity index (χ3n) is 4.34. The first-order valence-corrected chi connectivity index (χ1v) is 8.29. The maximum atomic E-state index is 12.5. The van der Waals surface area contributed by atoms with E-state index in [2.05, 4.69) is 0 Å². The van der Waals surface area contributed by atoms with E-state index in [4.69, 9.17) is 10.2 Å². The highest BCUT2D eigenvalue weighted by Crippen LogP contribution is 2.34. The van der Waals surface area contributed by atoms with Gasteiger partial charge < -0.3 is 10.2 Å². The molecule has 19 heavy (non-hydrogen) atoms. The van der Waals surface area contributed by atoms with E-state index in [1.165, 1.54) is 4.31 Å². The average molecular weight is 291 g/mol. The van der Waals surface area contributed by atoms with E-state index in [1.54, 1.807) is 0 Å². The highest BCUT2D eigenvalue weighted by Gasteiger charge is 2.44. The number of rotatable bonds is 4. The van der Waals surface area contributed by atoms with Crippen molar-refractivity contribution in [3.63, 3.8) is 0 Å². The minimum absolute atomic E-state index is 0.0923. The third-order valence-corrected chi connectivity index (χ3v) is 6.76. The van der Waals surface area contributed by atoms with Crippen molar-refractivity contribution in [2.45, 2.75) is 37.4 Å². The van der Waals surface area contributed by atoms with Gasteiger partial charge in [-0.25, -0.2) is 12.7 Å². The van der Waals surface area contributed by atoms with Gasteiger partial charge in [-0.1, -0.05) is 6.42 Å². The van der Waals surface area contributed by atoms with Crippen molar-refractivity contribution in [2.75, 3.05) is 19.7 Å². The lowest BCUT2D eigenvalue weighted by atomic mass is 10.00. The normalized spacial score (nSPS) is 30.6. The van der Waals surface area contributed by atoms with Crippen LogP contribution in [0.1, 0.15) is 32.1 Å². The van der Waals surface area contributed by atoms with E-state index in [-0.39, 0.29) is 12.5 Å². The molecule has 1 saturated heterocycles. The molecule has 2 rings (SSSR count). The van der Waals surface area contributed by atoms with Gasteiger partial charge in [-0.2, -0.15) is 0 Å². The van der Waals surface area contributed by atoms with Gasteiger partial charge in [0.15, 0.2) is 0 Å². The van der Waals surface area contributed by atoms with Crippen molar-refractivity contribution in [1.29, 1.82) is 0 Å². The lowest BCUT2D eigenvalue weighted by molar-refractivity contribution is -0.141. The van der Waals surface area contributed by atoms with E-state index in [9.17, 15) is 13.2 Å². The minimum Gasteiger partial charge on any atom is -0.481 e. The van der Waals surface area contributed by atoms with Gasteiger partial charge in [0.05, 0.1) is 11.2 Å². The highest BCUT2D eigenvalue weighted by molar-refractivity contribution is 7.89. The summed E-state index contributed by atoms with van der Waals surface area (Å²) in [6.45, 7) is 0.891. The van der Waals surface area contributed by atoms with Crippen molar-refractivity contribution in [3.8, 4) is 0 Å². The van der Waals surface area contributed by atoms with Gasteiger partial charge >= 0.3 is 5.97 Å². The second kappa shape index (κ2) is 5.76. The van der Waals surface area contributed by atoms with Crippen LogP contribution in [0.3, 0.4) is 0 Å². The van der Waals surface area contributed by atoms with Gasteiger partial charge in [0, 0.05) is 19.7 Å². The Kier molecular flexibility index (Phi) is 4.47. The molecule has 2 unspecified atom stereocenters. The Balaban J connectivity index is 2.08. The number of nitrogens with zero attached hydrogens (tertiary/aromatic N) is 1. The number of hydrogen-bond donors (Lipinski definition) is 2. The first-order valence-electron chi connectivity index (χ1n) is 6.79. The van der Waals surface area contributed by atoms with E-state index in [1.807, 2.05) is 0 Å². The molecule has 0 aromatic rings. The van der Waals surface area contributed by atoms with E-state index >= 15 is 0 Å². The van der Waals surface area contributed by atoms with Crippen molar-refractivity contribution in [2.24, 2.45) is 11.8 Å². The third kappa shape index (κ3) is 2.93. The molecule has 0 spiro atoms. The molecule has 6 nitrogen and oxygen atoms in total. The number of aliphatic hydroxyl groups is 1. The van der Waals surface area contributed by atoms with Crippen LogP contribution in [0.4, 0.5) is 0 Å². The fourth-order valence-corrected chi connectivity index (χ4v) is 5.34. The minimum atomic E-state index is -3.52. The molecule has 1 aliphatic carbocycles. The quantitative estimate of drug-likeness (QED) is 0.775. The molecule has 2 N–H and O–H groups in total. The molecule has 0 radical (unpaired) electrons. The summed E-state index contributed by atoms with van der Waals surface area (Å²) in [5.74, 6) is -1.60. The van der Waals surface area contributed by atoms with Crippen LogP contribution in [0, 0.1) is 11.8 Å². The molecule has 1 aliphatic heterocycles. The number of aliphatic carboxylic acids is 1. The van der Waals surface area contributed by atoms with Crippen LogP contribution in [0.15, 0.2) is 0 Å². The predicted molar refractivity (Wildman–Crippen MR) is 69.1 cm³/mol. The number of carboxylic acids is 1. The fraction of sp³-hybridized carbons (Fsp3) is 0.917. The Morgan fingerprint density at radius 1 is 1.16 bits per heavy atom. The molecular weight excluding hydrogens is 270 g/mol. The van der Waals surface area contributed by atoms with Crippen LogP contribution >= 0.6 is 0 Å². The molecule has 2 atom stereocenters. The molecule has 110 valence electrons. The van der Waals surface area contributed by atoms with Gasteiger partial charge in [0.1, 0.15) is 0 Å². The molecule has 0 aromatic heterocycles. The van der Waals surface area contributed by atoms with Gasteiger partial charge in [0.2, 0.25) is 10.0 Å². The first-order chi connectivity index (χ1) is 8.96. The van der Waals surface area contributed by atoms with Crippen LogP contribution in [0.2, 0.25) is 0 Å². The van der Waals surface area contributed by atoms with Crippen molar-refractivity contribution in [1.82, 2.24) is 4.31 Å². The number of piperidine rings is 1. The topological polar surface area (TPSA) is 94.9 Å². The Morgan fingerprint density at radius 2 is 1.79 bits per heavy atom. The Morgan fingerprint density at radius 3 is 2.32 bits per heavy atom. The van der Waals surface area contributed by atoms with Gasteiger partial charge in [-0.15, -0.1) is 0 Å². The summed E-state index contributed by atoms with van der Waals surface area (Å²) in [6, 6.07) is 0. The number of carboxylic acid groups (broad SMARTS) is 1. The Bertz CT molecular complexity index is 427. The molecule has 0 amide bonds. The van der Waals surface area contributed by atoms with Gasteiger partial charge in [-0.3, -0.25) is 4.79 Å². The van der Waals surface area contributed by atoms with E-state index in [0.717, 1.165) is 0 Å². The molecule has 7 heteroatoms. The monoisotopic (exact) mass is 291 g/mol.